The molecule has 0 spiro atoms. The van der Waals surface area contributed by atoms with E-state index in [-0.39, 0.29) is 0 Å². The molecule has 0 N–H and O–H groups in total. The highest BCUT2D eigenvalue weighted by Gasteiger charge is 2.16. The second-order valence-corrected chi connectivity index (χ2v) is 11.1. The lowest BCUT2D eigenvalue weighted by molar-refractivity contribution is 0.154. The number of unbranched alkanes of at least 4 members (excludes halogenated alkanes) is 2. The van der Waals surface area contributed by atoms with Crippen molar-refractivity contribution in [1.82, 2.24) is 0 Å². The Morgan fingerprint density at radius 3 is 2.27 bits per heavy atom. The van der Waals surface area contributed by atoms with E-state index < -0.39 is 0 Å². The molecule has 212 valence electrons. The molecule has 0 aliphatic carbocycles. The van der Waals surface area contributed by atoms with Crippen molar-refractivity contribution in [1.29, 1.82) is 0 Å². The van der Waals surface area contributed by atoms with Crippen molar-refractivity contribution in [3.63, 3.8) is 0 Å². The van der Waals surface area contributed by atoms with Crippen LogP contribution in [0.4, 0.5) is 0 Å². The Hall–Kier alpha value is -1.47. The van der Waals surface area contributed by atoms with E-state index in [2.05, 4.69) is 97.6 Å². The summed E-state index contributed by atoms with van der Waals surface area (Å²) < 4.78 is 6.31. The van der Waals surface area contributed by atoms with E-state index in [4.69, 9.17) is 16.3 Å². The fraction of sp³-hybridized carbons (Fsp3) is 0.657. The monoisotopic (exact) mass is 530 g/mol. The lowest BCUT2D eigenvalue weighted by Gasteiger charge is -2.23. The molecular formula is C35H59ClO. The molecule has 2 unspecified atom stereocenters. The van der Waals surface area contributed by atoms with Crippen LogP contribution in [0, 0.1) is 23.7 Å². The van der Waals surface area contributed by atoms with E-state index in [1.165, 1.54) is 36.8 Å². The molecule has 0 radical (unpaired) electrons. The van der Waals surface area contributed by atoms with Gasteiger partial charge in [0.15, 0.2) is 0 Å². The molecule has 0 saturated heterocycles. The molecule has 0 heterocycles. The third-order valence-electron chi connectivity index (χ3n) is 7.11. The molecule has 0 aromatic rings. The summed E-state index contributed by atoms with van der Waals surface area (Å²) >= 11 is 6.07. The Morgan fingerprint density at radius 2 is 1.70 bits per heavy atom. The number of halogens is 1. The minimum atomic E-state index is 0.443. The predicted octanol–water partition coefficient (Wildman–Crippen LogP) is 11.8. The Morgan fingerprint density at radius 1 is 0.946 bits per heavy atom. The van der Waals surface area contributed by atoms with Crippen molar-refractivity contribution in [2.24, 2.45) is 23.7 Å². The van der Waals surface area contributed by atoms with Gasteiger partial charge in [-0.15, -0.1) is 18.2 Å². The van der Waals surface area contributed by atoms with Crippen molar-refractivity contribution in [2.45, 2.75) is 113 Å². The van der Waals surface area contributed by atoms with Crippen LogP contribution in [0.1, 0.15) is 113 Å². The number of rotatable bonds is 22. The van der Waals surface area contributed by atoms with E-state index in [0.29, 0.717) is 29.6 Å². The Balaban J connectivity index is 5.45. The van der Waals surface area contributed by atoms with Gasteiger partial charge >= 0.3 is 0 Å². The quantitative estimate of drug-likeness (QED) is 0.0444. The Kier molecular flexibility index (Phi) is 22.7. The number of ether oxygens (including phenoxy) is 1. The van der Waals surface area contributed by atoms with Crippen LogP contribution in [0.2, 0.25) is 0 Å². The molecule has 37 heavy (non-hydrogen) atoms. The number of allylic oxidation sites excluding steroid dienone is 11. The van der Waals surface area contributed by atoms with E-state index >= 15 is 0 Å². The minimum absolute atomic E-state index is 0.443. The van der Waals surface area contributed by atoms with E-state index in [9.17, 15) is 0 Å². The maximum absolute atomic E-state index is 6.31. The summed E-state index contributed by atoms with van der Waals surface area (Å²) in [5, 5.41) is 0. The first-order valence-electron chi connectivity index (χ1n) is 15.1. The van der Waals surface area contributed by atoms with Crippen molar-refractivity contribution >= 4 is 11.6 Å². The van der Waals surface area contributed by atoms with Crippen LogP contribution >= 0.6 is 11.6 Å². The van der Waals surface area contributed by atoms with Crippen molar-refractivity contribution in [3.8, 4) is 0 Å². The fourth-order valence-electron chi connectivity index (χ4n) is 4.88. The fourth-order valence-corrected chi connectivity index (χ4v) is 5.07. The van der Waals surface area contributed by atoms with Gasteiger partial charge in [0.2, 0.25) is 0 Å². The molecule has 0 bridgehead atoms. The average molecular weight is 531 g/mol. The number of hydrogen-bond donors (Lipinski definition) is 0. The first kappa shape index (κ1) is 35.5. The third kappa shape index (κ3) is 16.9. The third-order valence-corrected chi connectivity index (χ3v) is 7.26. The molecule has 0 rings (SSSR count). The summed E-state index contributed by atoms with van der Waals surface area (Å²) in [7, 11) is 0. The van der Waals surface area contributed by atoms with E-state index in [0.717, 1.165) is 50.9 Å². The summed E-state index contributed by atoms with van der Waals surface area (Å²) in [5.74, 6) is 3.94. The first-order valence-corrected chi connectivity index (χ1v) is 15.6. The second-order valence-electron chi connectivity index (χ2n) is 10.8. The van der Waals surface area contributed by atoms with Gasteiger partial charge in [-0.25, -0.2) is 0 Å². The molecule has 1 nitrogen and oxygen atoms in total. The summed E-state index contributed by atoms with van der Waals surface area (Å²) in [6.45, 7) is 20.5. The summed E-state index contributed by atoms with van der Waals surface area (Å²) in [6.07, 6.45) is 29.3. The van der Waals surface area contributed by atoms with Gasteiger partial charge in [0.25, 0.3) is 0 Å². The molecule has 0 aromatic heterocycles. The molecule has 0 aliphatic heterocycles. The zero-order valence-corrected chi connectivity index (χ0v) is 26.2. The number of hydrogen-bond acceptors (Lipinski definition) is 1. The van der Waals surface area contributed by atoms with E-state index in [1.54, 1.807) is 0 Å². The minimum Gasteiger partial charge on any atom is -0.498 e. The van der Waals surface area contributed by atoms with Gasteiger partial charge in [-0.05, 0) is 74.0 Å². The Bertz CT molecular complexity index is 722. The molecule has 2 heteroatoms. The van der Waals surface area contributed by atoms with Crippen molar-refractivity contribution in [2.75, 3.05) is 12.5 Å². The van der Waals surface area contributed by atoms with Crippen LogP contribution in [-0.4, -0.2) is 12.5 Å². The lowest BCUT2D eigenvalue weighted by atomic mass is 9.86. The maximum atomic E-state index is 6.31. The van der Waals surface area contributed by atoms with Gasteiger partial charge in [-0.1, -0.05) is 116 Å². The average Bonchev–Trinajstić information content (AvgIpc) is 2.87. The highest BCUT2D eigenvalue weighted by molar-refractivity contribution is 6.19. The standard InChI is InChI=1S/C35H59ClO/c1-9-14-16-21-30(8)32(25-27-37-35(13-5)31(12-4)19-10-2)22-17-15-18-23-34(28-29(6)7)33(20-11-3)24-26-36/h10,13,15,17-18,22-24,29-32H,2,9,11-12,14,16,19-21,25-28H2,1,3-8H3/b18-15-,22-17+,33-24?,34-23+,35-13+/t30-,31?,32?/m0/s1. The highest BCUT2D eigenvalue weighted by Crippen LogP contribution is 2.27. The van der Waals surface area contributed by atoms with Crippen molar-refractivity contribution < 1.29 is 4.74 Å². The predicted molar refractivity (Wildman–Crippen MR) is 169 cm³/mol. The van der Waals surface area contributed by atoms with Crippen LogP contribution in [-0.2, 0) is 4.74 Å². The van der Waals surface area contributed by atoms with Crippen LogP contribution < -0.4 is 0 Å². The normalized spacial score (nSPS) is 16.1. The van der Waals surface area contributed by atoms with Crippen LogP contribution in [0.15, 0.2) is 72.1 Å². The van der Waals surface area contributed by atoms with Gasteiger partial charge in [0.05, 0.1) is 12.4 Å². The first-order chi connectivity index (χ1) is 17.9. The largest absolute Gasteiger partial charge is 0.498 e. The van der Waals surface area contributed by atoms with Crippen LogP contribution in [0.3, 0.4) is 0 Å². The second kappa shape index (κ2) is 23.6. The molecule has 0 saturated carbocycles. The van der Waals surface area contributed by atoms with Gasteiger partial charge in [-0.3, -0.25) is 0 Å². The van der Waals surface area contributed by atoms with Gasteiger partial charge in [0.1, 0.15) is 0 Å². The van der Waals surface area contributed by atoms with E-state index in [1.807, 2.05) is 6.08 Å². The zero-order valence-electron chi connectivity index (χ0n) is 25.4. The topological polar surface area (TPSA) is 9.23 Å². The van der Waals surface area contributed by atoms with Crippen molar-refractivity contribution in [3.05, 3.63) is 72.1 Å². The molecule has 0 aliphatic rings. The molecule has 0 amide bonds. The van der Waals surface area contributed by atoms with Crippen LogP contribution in [0.5, 0.6) is 0 Å². The summed E-state index contributed by atoms with van der Waals surface area (Å²) in [6, 6.07) is 0. The molecule has 3 atom stereocenters. The maximum Gasteiger partial charge on any atom is 0.0950 e. The van der Waals surface area contributed by atoms with Gasteiger partial charge in [0, 0.05) is 11.8 Å². The molecular weight excluding hydrogens is 472 g/mol. The summed E-state index contributed by atoms with van der Waals surface area (Å²) in [4.78, 5) is 0. The van der Waals surface area contributed by atoms with Crippen LogP contribution in [0.25, 0.3) is 0 Å². The van der Waals surface area contributed by atoms with Gasteiger partial charge < -0.3 is 4.74 Å². The lowest BCUT2D eigenvalue weighted by Crippen LogP contribution is -2.14. The molecule has 0 aromatic carbocycles. The Labute approximate surface area is 236 Å². The number of alkyl halides is 1. The zero-order chi connectivity index (χ0) is 27.9. The summed E-state index contributed by atoms with van der Waals surface area (Å²) in [5.41, 5.74) is 2.82. The smallest absolute Gasteiger partial charge is 0.0950 e. The van der Waals surface area contributed by atoms with Gasteiger partial charge in [-0.2, -0.15) is 0 Å². The highest BCUT2D eigenvalue weighted by atomic mass is 35.5. The SMILES string of the molecule is C=CCC(CC)/C(=C\C)OCCC(/C=C/C=C\C=C(/CC(C)C)C(=CCCl)CCC)[C@@H](C)CCCCC. The molecule has 0 fully saturated rings.